The van der Waals surface area contributed by atoms with Crippen LogP contribution in [0.25, 0.3) is 0 Å². The second-order valence-corrected chi connectivity index (χ2v) is 2.05. The van der Waals surface area contributed by atoms with Crippen molar-refractivity contribution in [1.82, 2.24) is 0 Å². The predicted octanol–water partition coefficient (Wildman–Crippen LogP) is 0.973. The minimum atomic E-state index is -0.304. The van der Waals surface area contributed by atoms with Crippen molar-refractivity contribution in [3.05, 3.63) is 44.4 Å². The van der Waals surface area contributed by atoms with E-state index in [2.05, 4.69) is 4.74 Å². The average molecular weight is 149 g/mol. The van der Waals surface area contributed by atoms with Gasteiger partial charge in [-0.1, -0.05) is 0 Å². The Morgan fingerprint density at radius 3 is 2.18 bits per heavy atom. The first-order valence-electron chi connectivity index (χ1n) is 3.31. The summed E-state index contributed by atoms with van der Waals surface area (Å²) in [5.74, 6) is 0.263. The summed E-state index contributed by atoms with van der Waals surface area (Å²) in [6, 6.07) is 0. The van der Waals surface area contributed by atoms with Crippen molar-refractivity contribution in [2.24, 2.45) is 0 Å². The fraction of sp³-hybridized carbons (Fsp3) is 0.111. The van der Waals surface area contributed by atoms with Gasteiger partial charge in [-0.3, -0.25) is 4.79 Å². The Balaban J connectivity index is 2.36. The van der Waals surface area contributed by atoms with Crippen LogP contribution in [-0.2, 0) is 9.53 Å². The van der Waals surface area contributed by atoms with Gasteiger partial charge in [0.05, 0.1) is 13.0 Å². The third-order valence-corrected chi connectivity index (χ3v) is 1.31. The predicted molar refractivity (Wildman–Crippen MR) is 41.1 cm³/mol. The van der Waals surface area contributed by atoms with Crippen LogP contribution in [0, 0.1) is 44.4 Å². The van der Waals surface area contributed by atoms with Gasteiger partial charge in [-0.2, -0.15) is 0 Å². The summed E-state index contributed by atoms with van der Waals surface area (Å²) >= 11 is 0. The lowest BCUT2D eigenvalue weighted by atomic mass is 10.0. The van der Waals surface area contributed by atoms with Crippen LogP contribution in [0.5, 0.6) is 0 Å². The number of rotatable bonds is 1. The van der Waals surface area contributed by atoms with Gasteiger partial charge in [0.1, 0.15) is 0 Å². The van der Waals surface area contributed by atoms with Crippen LogP contribution in [-0.4, -0.2) is 13.1 Å². The van der Waals surface area contributed by atoms with E-state index in [1.807, 2.05) is 12.8 Å². The van der Waals surface area contributed by atoms with Gasteiger partial charge in [-0.05, 0) is 38.5 Å². The average Bonchev–Trinajstić information content (AvgIpc) is 2.30. The van der Waals surface area contributed by atoms with Crippen LogP contribution in [0.4, 0.5) is 0 Å². The van der Waals surface area contributed by atoms with Gasteiger partial charge in [0.15, 0.2) is 0 Å². The first kappa shape index (κ1) is 8.57. The van der Waals surface area contributed by atoms with Gasteiger partial charge in [-0.15, -0.1) is 0 Å². The van der Waals surface area contributed by atoms with E-state index in [0.717, 1.165) is 0 Å². The van der Waals surface area contributed by atoms with E-state index in [0.29, 0.717) is 5.92 Å². The molecule has 0 aromatic heterocycles. The van der Waals surface area contributed by atoms with Crippen molar-refractivity contribution < 1.29 is 9.53 Å². The highest BCUT2D eigenvalue weighted by molar-refractivity contribution is 5.90. The monoisotopic (exact) mass is 149 g/mol. The highest BCUT2D eigenvalue weighted by Gasteiger charge is 2.21. The molecule has 0 N–H and O–H groups in total. The van der Waals surface area contributed by atoms with Gasteiger partial charge in [0.2, 0.25) is 0 Å². The first-order valence-corrected chi connectivity index (χ1v) is 3.31. The Kier molecular flexibility index (Phi) is 3.40. The highest BCUT2D eigenvalue weighted by Crippen LogP contribution is 2.21. The van der Waals surface area contributed by atoms with E-state index in [1.165, 1.54) is 7.11 Å². The smallest absolute Gasteiger partial charge is 0.313 e. The van der Waals surface area contributed by atoms with Crippen molar-refractivity contribution in [3.8, 4) is 0 Å². The molecule has 7 radical (unpaired) electrons. The molecule has 2 nitrogen and oxygen atoms in total. The molecule has 2 heteroatoms. The molecule has 0 aromatic rings. The molecule has 1 aliphatic carbocycles. The van der Waals surface area contributed by atoms with Crippen LogP contribution in [0.1, 0.15) is 0 Å². The number of hydrogen-bond donors (Lipinski definition) is 0. The van der Waals surface area contributed by atoms with E-state index in [9.17, 15) is 4.79 Å². The van der Waals surface area contributed by atoms with Crippen LogP contribution in [0.2, 0.25) is 0 Å². The highest BCUT2D eigenvalue weighted by atomic mass is 16.5. The standard InChI is InChI=1S/C9H9O2/c1-11-9(10)8-6-4-2-3-5-7-8/h2-7H,1H3. The minimum absolute atomic E-state index is 0.304. The van der Waals surface area contributed by atoms with E-state index in [-0.39, 0.29) is 5.97 Å². The maximum Gasteiger partial charge on any atom is 0.313 e. The molecule has 0 bridgehead atoms. The largest absolute Gasteiger partial charge is 0.469 e. The second kappa shape index (κ2) is 4.37. The van der Waals surface area contributed by atoms with Crippen molar-refractivity contribution in [1.29, 1.82) is 0 Å². The molecule has 0 atom stereocenters. The SMILES string of the molecule is COC(=O)[C]1[CH][CH][CH][CH][CH][CH]1. The van der Waals surface area contributed by atoms with Gasteiger partial charge in [0, 0.05) is 0 Å². The number of carbonyl (C=O) groups excluding carboxylic acids is 1. The lowest BCUT2D eigenvalue weighted by Gasteiger charge is -2.07. The normalized spacial score (nSPS) is 20.8. The summed E-state index contributed by atoms with van der Waals surface area (Å²) in [4.78, 5) is 10.9. The summed E-state index contributed by atoms with van der Waals surface area (Å²) in [6.45, 7) is 0. The molecule has 1 aliphatic rings. The van der Waals surface area contributed by atoms with Crippen LogP contribution < -0.4 is 0 Å². The number of ether oxygens (including phenoxy) is 1. The third-order valence-electron chi connectivity index (χ3n) is 1.31. The summed E-state index contributed by atoms with van der Waals surface area (Å²) in [5, 5.41) is 0. The van der Waals surface area contributed by atoms with Gasteiger partial charge < -0.3 is 4.74 Å². The molecule has 0 heterocycles. The molecule has 0 saturated heterocycles. The topological polar surface area (TPSA) is 26.3 Å². The summed E-state index contributed by atoms with van der Waals surface area (Å²) in [5.41, 5.74) is 0. The zero-order valence-electron chi connectivity index (χ0n) is 6.28. The Bertz CT molecular complexity index is 124. The van der Waals surface area contributed by atoms with E-state index in [1.54, 1.807) is 25.7 Å². The molecule has 57 valence electrons. The molecule has 1 fully saturated rings. The maximum absolute atomic E-state index is 10.9. The summed E-state index contributed by atoms with van der Waals surface area (Å²) in [6.07, 6.45) is 10.7. The van der Waals surface area contributed by atoms with Crippen molar-refractivity contribution in [2.75, 3.05) is 7.11 Å². The van der Waals surface area contributed by atoms with Gasteiger partial charge >= 0.3 is 5.97 Å². The van der Waals surface area contributed by atoms with Crippen LogP contribution in [0.15, 0.2) is 0 Å². The van der Waals surface area contributed by atoms with Crippen molar-refractivity contribution >= 4 is 5.97 Å². The lowest BCUT2D eigenvalue weighted by molar-refractivity contribution is -0.137. The first-order chi connectivity index (χ1) is 5.34. The molecule has 1 saturated carbocycles. The van der Waals surface area contributed by atoms with Crippen LogP contribution in [0.3, 0.4) is 0 Å². The molecule has 11 heavy (non-hydrogen) atoms. The second-order valence-electron chi connectivity index (χ2n) is 2.05. The third kappa shape index (κ3) is 2.52. The van der Waals surface area contributed by atoms with E-state index < -0.39 is 0 Å². The Labute approximate surface area is 67.9 Å². The van der Waals surface area contributed by atoms with Gasteiger partial charge in [0.25, 0.3) is 0 Å². The van der Waals surface area contributed by atoms with Gasteiger partial charge in [-0.25, -0.2) is 0 Å². The summed E-state index contributed by atoms with van der Waals surface area (Å²) in [7, 11) is 1.37. The van der Waals surface area contributed by atoms with Crippen molar-refractivity contribution in [2.45, 2.75) is 0 Å². The molecule has 0 amide bonds. The molecular weight excluding hydrogens is 140 g/mol. The number of esters is 1. The van der Waals surface area contributed by atoms with E-state index in [4.69, 9.17) is 0 Å². The fourth-order valence-electron chi connectivity index (χ4n) is 0.756. The van der Waals surface area contributed by atoms with Crippen molar-refractivity contribution in [3.63, 3.8) is 0 Å². The minimum Gasteiger partial charge on any atom is -0.469 e. The lowest BCUT2D eigenvalue weighted by Crippen LogP contribution is -2.14. The zero-order valence-corrected chi connectivity index (χ0v) is 6.28. The summed E-state index contributed by atoms with van der Waals surface area (Å²) < 4.78 is 4.54. The Morgan fingerprint density at radius 2 is 1.73 bits per heavy atom. The quantitative estimate of drug-likeness (QED) is 0.410. The molecule has 0 aromatic carbocycles. The number of methoxy groups -OCH3 is 1. The molecule has 0 aliphatic heterocycles. The number of carbonyl (C=O) groups is 1. The maximum atomic E-state index is 10.9. The molecule has 0 unspecified atom stereocenters. The molecule has 1 rings (SSSR count). The van der Waals surface area contributed by atoms with E-state index >= 15 is 0 Å². The Hall–Kier alpha value is -0.530. The fourth-order valence-corrected chi connectivity index (χ4v) is 0.756. The molecule has 0 spiro atoms. The molecular formula is C9H9O2. The Morgan fingerprint density at radius 1 is 1.18 bits per heavy atom. The number of hydrogen-bond acceptors (Lipinski definition) is 2. The van der Waals surface area contributed by atoms with Crippen LogP contribution >= 0.6 is 0 Å². The zero-order chi connectivity index (χ0) is 8.10.